The Balaban J connectivity index is 1.52. The lowest BCUT2D eigenvalue weighted by atomic mass is 9.94. The third-order valence-corrected chi connectivity index (χ3v) is 8.02. The van der Waals surface area contributed by atoms with Crippen molar-refractivity contribution in [2.75, 3.05) is 12.0 Å². The number of aryl methyl sites for hydroxylation is 1. The summed E-state index contributed by atoms with van der Waals surface area (Å²) in [6, 6.07) is 16.5. The average molecular weight is 541 g/mol. The van der Waals surface area contributed by atoms with Gasteiger partial charge in [-0.05, 0) is 73.0 Å². The van der Waals surface area contributed by atoms with Crippen LogP contribution in [0, 0.1) is 6.92 Å². The molecule has 1 fully saturated rings. The van der Waals surface area contributed by atoms with Crippen LogP contribution < -0.4 is 9.64 Å². The zero-order chi connectivity index (χ0) is 27.4. The summed E-state index contributed by atoms with van der Waals surface area (Å²) in [5.41, 5.74) is 3.90. The maximum absolute atomic E-state index is 13.5. The molecule has 3 heterocycles. The number of Topliss-reactive ketones (excluding diaryl/α,β-unsaturated/α-hetero) is 1. The second kappa shape index (κ2) is 9.36. The van der Waals surface area contributed by atoms with Crippen molar-refractivity contribution in [3.05, 3.63) is 94.1 Å². The average Bonchev–Trinajstić information content (AvgIpc) is 3.59. The Morgan fingerprint density at radius 2 is 1.82 bits per heavy atom. The van der Waals surface area contributed by atoms with Gasteiger partial charge in [0.25, 0.3) is 5.78 Å². The number of carbonyl (C=O) groups is 3. The zero-order valence-corrected chi connectivity index (χ0v) is 22.2. The molecule has 2 atom stereocenters. The van der Waals surface area contributed by atoms with Crippen molar-refractivity contribution in [3.63, 3.8) is 0 Å². The number of esters is 1. The lowest BCUT2D eigenvalue weighted by Crippen LogP contribution is -2.29. The second-order valence-electron chi connectivity index (χ2n) is 9.71. The lowest BCUT2D eigenvalue weighted by Gasteiger charge is -2.23. The van der Waals surface area contributed by atoms with E-state index >= 15 is 0 Å². The van der Waals surface area contributed by atoms with Gasteiger partial charge in [0.05, 0.1) is 34.5 Å². The Morgan fingerprint density at radius 1 is 1.08 bits per heavy atom. The Morgan fingerprint density at radius 3 is 2.56 bits per heavy atom. The molecule has 8 nitrogen and oxygen atoms in total. The van der Waals surface area contributed by atoms with Crippen molar-refractivity contribution in [2.45, 2.75) is 32.4 Å². The molecule has 1 amide bonds. The standard InChI is InChI=1S/C30H24N2O6S/c1-15-4-10-21-23(12-15)39-30(31-21)32-25(17-5-7-18(8-6-17)29(36)37-3)24(27(34)28(32)35)26(33)19-9-11-22-20(14-19)13-16(2)38-22/h4-12,14,16,25,33H,13H2,1-3H3/b26-24+/t16-,25+/m0/s1. The summed E-state index contributed by atoms with van der Waals surface area (Å²) in [5.74, 6) is -1.65. The third-order valence-electron chi connectivity index (χ3n) is 7.00. The number of hydrogen-bond donors (Lipinski definition) is 1. The van der Waals surface area contributed by atoms with E-state index in [2.05, 4.69) is 4.98 Å². The molecule has 6 rings (SSSR count). The molecule has 9 heteroatoms. The fourth-order valence-electron chi connectivity index (χ4n) is 5.11. The molecule has 0 spiro atoms. The van der Waals surface area contributed by atoms with Gasteiger partial charge in [-0.3, -0.25) is 14.5 Å². The monoisotopic (exact) mass is 540 g/mol. The second-order valence-corrected chi connectivity index (χ2v) is 10.7. The van der Waals surface area contributed by atoms with Crippen molar-refractivity contribution in [1.29, 1.82) is 0 Å². The first kappa shape index (κ1) is 24.8. The number of methoxy groups -OCH3 is 1. The number of ether oxygens (including phenoxy) is 2. The van der Waals surface area contributed by atoms with Crippen LogP contribution in [0.3, 0.4) is 0 Å². The predicted molar refractivity (Wildman–Crippen MR) is 147 cm³/mol. The Kier molecular flexibility index (Phi) is 5.95. The minimum absolute atomic E-state index is 0.0129. The van der Waals surface area contributed by atoms with Crippen LogP contribution in [0.4, 0.5) is 5.13 Å². The van der Waals surface area contributed by atoms with Gasteiger partial charge in [0.15, 0.2) is 5.13 Å². The number of aliphatic hydroxyl groups is 1. The van der Waals surface area contributed by atoms with E-state index in [4.69, 9.17) is 9.47 Å². The summed E-state index contributed by atoms with van der Waals surface area (Å²) in [6.07, 6.45) is 0.688. The number of aromatic nitrogens is 1. The molecule has 0 unspecified atom stereocenters. The van der Waals surface area contributed by atoms with Gasteiger partial charge < -0.3 is 14.6 Å². The molecule has 4 aromatic rings. The largest absolute Gasteiger partial charge is 0.507 e. The molecule has 196 valence electrons. The van der Waals surface area contributed by atoms with E-state index < -0.39 is 23.7 Å². The first-order valence-electron chi connectivity index (χ1n) is 12.4. The summed E-state index contributed by atoms with van der Waals surface area (Å²) >= 11 is 1.30. The molecule has 0 aliphatic carbocycles. The van der Waals surface area contributed by atoms with Crippen molar-refractivity contribution < 1.29 is 29.0 Å². The number of thiazole rings is 1. The predicted octanol–water partition coefficient (Wildman–Crippen LogP) is 5.34. The van der Waals surface area contributed by atoms with Crippen molar-refractivity contribution in [2.24, 2.45) is 0 Å². The third kappa shape index (κ3) is 4.15. The van der Waals surface area contributed by atoms with E-state index in [1.165, 1.54) is 23.3 Å². The van der Waals surface area contributed by atoms with Crippen LogP contribution in [0.2, 0.25) is 0 Å². The number of amides is 1. The van der Waals surface area contributed by atoms with Gasteiger partial charge in [-0.15, -0.1) is 0 Å². The number of ketones is 1. The Bertz CT molecular complexity index is 1700. The van der Waals surface area contributed by atoms with Crippen LogP contribution in [-0.4, -0.2) is 41.0 Å². The van der Waals surface area contributed by atoms with Crippen LogP contribution in [0.1, 0.15) is 45.6 Å². The highest BCUT2D eigenvalue weighted by Gasteiger charge is 2.48. The topological polar surface area (TPSA) is 106 Å². The van der Waals surface area contributed by atoms with Gasteiger partial charge in [-0.2, -0.15) is 0 Å². The molecular formula is C30H24N2O6S. The van der Waals surface area contributed by atoms with Gasteiger partial charge in [-0.25, -0.2) is 9.78 Å². The number of benzene rings is 3. The van der Waals surface area contributed by atoms with E-state index in [9.17, 15) is 19.5 Å². The molecule has 0 saturated carbocycles. The summed E-state index contributed by atoms with van der Waals surface area (Å²) < 4.78 is 11.5. The molecule has 1 N–H and O–H groups in total. The molecule has 39 heavy (non-hydrogen) atoms. The van der Waals surface area contributed by atoms with Gasteiger partial charge in [0.1, 0.15) is 17.6 Å². The zero-order valence-electron chi connectivity index (χ0n) is 21.4. The van der Waals surface area contributed by atoms with Crippen LogP contribution >= 0.6 is 11.3 Å². The van der Waals surface area contributed by atoms with Crippen LogP contribution in [-0.2, 0) is 20.7 Å². The molecule has 0 radical (unpaired) electrons. The van der Waals surface area contributed by atoms with Gasteiger partial charge in [0, 0.05) is 12.0 Å². The number of nitrogens with zero attached hydrogens (tertiary/aromatic N) is 2. The molecule has 2 aliphatic heterocycles. The molecular weight excluding hydrogens is 516 g/mol. The highest BCUT2D eigenvalue weighted by atomic mass is 32.1. The summed E-state index contributed by atoms with van der Waals surface area (Å²) in [4.78, 5) is 45.1. The van der Waals surface area contributed by atoms with Crippen LogP contribution in [0.5, 0.6) is 5.75 Å². The number of rotatable bonds is 4. The maximum Gasteiger partial charge on any atom is 0.337 e. The van der Waals surface area contributed by atoms with E-state index in [-0.39, 0.29) is 17.4 Å². The summed E-state index contributed by atoms with van der Waals surface area (Å²) in [7, 11) is 1.29. The fourth-order valence-corrected chi connectivity index (χ4v) is 6.20. The molecule has 3 aromatic carbocycles. The maximum atomic E-state index is 13.5. The molecule has 2 aliphatic rings. The molecule has 1 aromatic heterocycles. The summed E-state index contributed by atoms with van der Waals surface area (Å²) in [6.45, 7) is 3.93. The van der Waals surface area contributed by atoms with E-state index in [0.29, 0.717) is 33.8 Å². The highest BCUT2D eigenvalue weighted by molar-refractivity contribution is 7.22. The van der Waals surface area contributed by atoms with Crippen molar-refractivity contribution >= 4 is 50.1 Å². The number of anilines is 1. The van der Waals surface area contributed by atoms with Crippen molar-refractivity contribution in [3.8, 4) is 5.75 Å². The highest BCUT2D eigenvalue weighted by Crippen LogP contribution is 2.45. The summed E-state index contributed by atoms with van der Waals surface area (Å²) in [5, 5.41) is 11.8. The SMILES string of the molecule is COC(=O)c1ccc([C@@H]2/C(=C(\O)c3ccc4c(c3)C[C@H](C)O4)C(=O)C(=O)N2c2nc3ccc(C)cc3s2)cc1. The Hall–Kier alpha value is -4.50. The smallest absolute Gasteiger partial charge is 0.337 e. The Labute approximate surface area is 228 Å². The first-order valence-corrected chi connectivity index (χ1v) is 13.2. The number of fused-ring (bicyclic) bond motifs is 2. The van der Waals surface area contributed by atoms with E-state index in [1.807, 2.05) is 32.0 Å². The van der Waals surface area contributed by atoms with E-state index in [0.717, 1.165) is 21.6 Å². The lowest BCUT2D eigenvalue weighted by molar-refractivity contribution is -0.132. The van der Waals surface area contributed by atoms with E-state index in [1.54, 1.807) is 42.5 Å². The number of hydrogen-bond acceptors (Lipinski definition) is 8. The molecule has 1 saturated heterocycles. The fraction of sp³-hybridized carbons (Fsp3) is 0.200. The number of carbonyl (C=O) groups excluding carboxylic acids is 3. The van der Waals surface area contributed by atoms with Crippen molar-refractivity contribution in [1.82, 2.24) is 4.98 Å². The molecule has 0 bridgehead atoms. The van der Waals surface area contributed by atoms with Gasteiger partial charge in [0.2, 0.25) is 0 Å². The van der Waals surface area contributed by atoms with Crippen LogP contribution in [0.15, 0.2) is 66.2 Å². The normalized spacial score (nSPS) is 19.8. The minimum Gasteiger partial charge on any atom is -0.507 e. The minimum atomic E-state index is -0.957. The van der Waals surface area contributed by atoms with Gasteiger partial charge in [-0.1, -0.05) is 29.5 Å². The quantitative estimate of drug-likeness (QED) is 0.161. The number of aliphatic hydroxyl groups excluding tert-OH is 1. The van der Waals surface area contributed by atoms with Crippen LogP contribution in [0.25, 0.3) is 16.0 Å². The first-order chi connectivity index (χ1) is 18.7. The van der Waals surface area contributed by atoms with Gasteiger partial charge >= 0.3 is 11.9 Å².